The highest BCUT2D eigenvalue weighted by atomic mass is 15.0. The van der Waals surface area contributed by atoms with Gasteiger partial charge in [-0.2, -0.15) is 0 Å². The Bertz CT molecular complexity index is 3260. The summed E-state index contributed by atoms with van der Waals surface area (Å²) in [6.07, 6.45) is 16.7. The van der Waals surface area contributed by atoms with E-state index >= 15 is 0 Å². The van der Waals surface area contributed by atoms with Crippen molar-refractivity contribution in [2.75, 3.05) is 0 Å². The average molecular weight is 728 g/mol. The van der Waals surface area contributed by atoms with Gasteiger partial charge in [-0.05, 0) is 136 Å². The largest absolute Gasteiger partial charge is 0.310 e. The van der Waals surface area contributed by atoms with Crippen molar-refractivity contribution in [2.45, 2.75) is 24.7 Å². The van der Waals surface area contributed by atoms with E-state index in [2.05, 4.69) is 185 Å². The molecule has 0 fully saturated rings. The lowest BCUT2D eigenvalue weighted by Gasteiger charge is -2.36. The van der Waals surface area contributed by atoms with Gasteiger partial charge in [-0.15, -0.1) is 0 Å². The maximum Gasteiger partial charge on any atom is 0.0963 e. The number of aromatic nitrogens is 3. The molecule has 0 radical (unpaired) electrons. The molecule has 0 bridgehead atoms. The van der Waals surface area contributed by atoms with E-state index in [-0.39, 0.29) is 5.41 Å². The first-order valence-electron chi connectivity index (χ1n) is 20.3. The van der Waals surface area contributed by atoms with E-state index in [0.29, 0.717) is 5.92 Å². The van der Waals surface area contributed by atoms with Gasteiger partial charge in [0.05, 0.1) is 27.5 Å². The van der Waals surface area contributed by atoms with E-state index in [1.807, 2.05) is 6.20 Å². The Morgan fingerprint density at radius 3 is 2.09 bits per heavy atom. The number of nitrogens with zero attached hydrogens (tertiary/aromatic N) is 3. The topological polar surface area (TPSA) is 22.8 Å². The predicted molar refractivity (Wildman–Crippen MR) is 235 cm³/mol. The highest BCUT2D eigenvalue weighted by Crippen LogP contribution is 2.65. The highest BCUT2D eigenvalue weighted by molar-refractivity contribution is 6.10. The molecule has 4 aliphatic rings. The maximum absolute atomic E-state index is 5.02. The monoisotopic (exact) mass is 727 g/mol. The molecular formula is C54H37N3. The third-order valence-electron chi connectivity index (χ3n) is 13.5. The zero-order chi connectivity index (χ0) is 37.2. The standard InChI is InChI=1S/C54H37N3/c1-6-17-45-38(12-1)39-13-2-7-18-46(39)54(45)47-19-8-3-14-40(47)43-32-44-52(33-48(43)54)57(51-22-11-31-55-53(44)51)37-29-25-35(26-30-37)34-23-27-36(28-24-34)56-49-20-9-4-15-41(49)42-16-5-10-21-50(42)56/h1-4,6-15,17,19-33,46H,5,16,18H2. The number of pyridine rings is 1. The first-order chi connectivity index (χ1) is 28.3. The molecule has 268 valence electrons. The minimum Gasteiger partial charge on any atom is -0.310 e. The zero-order valence-electron chi connectivity index (χ0n) is 31.4. The van der Waals surface area contributed by atoms with Gasteiger partial charge in [-0.1, -0.05) is 115 Å². The van der Waals surface area contributed by atoms with E-state index in [0.717, 1.165) is 36.0 Å². The Morgan fingerprint density at radius 2 is 1.26 bits per heavy atom. The summed E-state index contributed by atoms with van der Waals surface area (Å²) >= 11 is 0. The van der Waals surface area contributed by atoms with Gasteiger partial charge in [0.2, 0.25) is 0 Å². The molecule has 3 aromatic heterocycles. The van der Waals surface area contributed by atoms with Crippen molar-refractivity contribution in [2.24, 2.45) is 5.92 Å². The molecule has 0 saturated heterocycles. The molecule has 2 unspecified atom stereocenters. The molecule has 13 rings (SSSR count). The summed E-state index contributed by atoms with van der Waals surface area (Å²) in [7, 11) is 0. The molecule has 0 aliphatic heterocycles. The summed E-state index contributed by atoms with van der Waals surface area (Å²) in [5.74, 6) is 0.333. The first-order valence-corrected chi connectivity index (χ1v) is 20.3. The molecule has 6 aromatic carbocycles. The molecule has 0 N–H and O–H groups in total. The number of para-hydroxylation sites is 1. The second-order valence-corrected chi connectivity index (χ2v) is 16.1. The van der Waals surface area contributed by atoms with Crippen LogP contribution in [0, 0.1) is 5.92 Å². The number of rotatable bonds is 3. The third-order valence-corrected chi connectivity index (χ3v) is 13.5. The summed E-state index contributed by atoms with van der Waals surface area (Å²) in [4.78, 5) is 5.02. The van der Waals surface area contributed by atoms with Crippen LogP contribution in [0.5, 0.6) is 0 Å². The molecule has 1 spiro atoms. The van der Waals surface area contributed by atoms with Crippen molar-refractivity contribution in [3.8, 4) is 33.6 Å². The van der Waals surface area contributed by atoms with Crippen molar-refractivity contribution in [3.63, 3.8) is 0 Å². The van der Waals surface area contributed by atoms with Crippen LogP contribution in [0.3, 0.4) is 0 Å². The van der Waals surface area contributed by atoms with E-state index in [4.69, 9.17) is 4.98 Å². The summed E-state index contributed by atoms with van der Waals surface area (Å²) in [5, 5.41) is 2.55. The van der Waals surface area contributed by atoms with Gasteiger partial charge in [0, 0.05) is 40.0 Å². The molecule has 2 atom stereocenters. The van der Waals surface area contributed by atoms with E-state index in [9.17, 15) is 0 Å². The molecule has 9 aromatic rings. The Kier molecular flexibility index (Phi) is 6.32. The van der Waals surface area contributed by atoms with Crippen LogP contribution in [-0.2, 0) is 11.8 Å². The van der Waals surface area contributed by atoms with Crippen LogP contribution in [0.25, 0.3) is 78.1 Å². The lowest BCUT2D eigenvalue weighted by molar-refractivity contribution is 0.495. The Labute approximate surface area is 331 Å². The second kappa shape index (κ2) is 11.5. The van der Waals surface area contributed by atoms with Gasteiger partial charge in [0.25, 0.3) is 0 Å². The fraction of sp³-hybridized carbons (Fsp3) is 0.0926. The van der Waals surface area contributed by atoms with Crippen LogP contribution in [0.15, 0.2) is 176 Å². The molecule has 3 nitrogen and oxygen atoms in total. The zero-order valence-corrected chi connectivity index (χ0v) is 31.4. The fourth-order valence-electron chi connectivity index (χ4n) is 11.2. The van der Waals surface area contributed by atoms with E-state index in [1.165, 1.54) is 88.8 Å². The molecule has 57 heavy (non-hydrogen) atoms. The van der Waals surface area contributed by atoms with Crippen LogP contribution >= 0.6 is 0 Å². The summed E-state index contributed by atoms with van der Waals surface area (Å²) in [5.41, 5.74) is 21.6. The van der Waals surface area contributed by atoms with Gasteiger partial charge in [0.15, 0.2) is 0 Å². The van der Waals surface area contributed by atoms with Crippen molar-refractivity contribution >= 4 is 44.5 Å². The van der Waals surface area contributed by atoms with Crippen LogP contribution in [0.4, 0.5) is 0 Å². The van der Waals surface area contributed by atoms with Crippen molar-refractivity contribution in [3.05, 3.63) is 210 Å². The van der Waals surface area contributed by atoms with Crippen molar-refractivity contribution in [1.82, 2.24) is 14.1 Å². The Balaban J connectivity index is 0.956. The lowest BCUT2D eigenvalue weighted by atomic mass is 9.65. The summed E-state index contributed by atoms with van der Waals surface area (Å²) in [6, 6.07) is 54.6. The fourth-order valence-corrected chi connectivity index (χ4v) is 11.2. The molecule has 0 saturated carbocycles. The Morgan fingerprint density at radius 1 is 0.561 bits per heavy atom. The number of hydrogen-bond acceptors (Lipinski definition) is 1. The van der Waals surface area contributed by atoms with Gasteiger partial charge in [0.1, 0.15) is 0 Å². The maximum atomic E-state index is 5.02. The normalized spacial score (nSPS) is 18.5. The van der Waals surface area contributed by atoms with E-state index < -0.39 is 0 Å². The number of fused-ring (bicyclic) bond motifs is 16. The average Bonchev–Trinajstić information content (AvgIpc) is 3.98. The lowest BCUT2D eigenvalue weighted by Crippen LogP contribution is -2.32. The minimum absolute atomic E-state index is 0.263. The van der Waals surface area contributed by atoms with Crippen LogP contribution in [0.2, 0.25) is 0 Å². The predicted octanol–water partition coefficient (Wildman–Crippen LogP) is 13.0. The van der Waals surface area contributed by atoms with Crippen LogP contribution in [-0.4, -0.2) is 14.1 Å². The molecule has 0 amide bonds. The summed E-state index contributed by atoms with van der Waals surface area (Å²) < 4.78 is 4.86. The quantitative estimate of drug-likeness (QED) is 0.178. The number of allylic oxidation sites excluding steroid dienone is 5. The van der Waals surface area contributed by atoms with Gasteiger partial charge >= 0.3 is 0 Å². The SMILES string of the molecule is C1=CCC2C(=C1)c1ccccc1C21c2ccccc2-c2cc3c4ncccc4n(-c4ccc(-c5ccc(-n6c7c(c8ccccc86)CCC=C7)cc5)cc4)c3cc21. The molecule has 3 heteroatoms. The van der Waals surface area contributed by atoms with Gasteiger partial charge in [-0.3, -0.25) is 4.98 Å². The van der Waals surface area contributed by atoms with Gasteiger partial charge in [-0.25, -0.2) is 0 Å². The Hall–Kier alpha value is -6.97. The smallest absolute Gasteiger partial charge is 0.0963 e. The third kappa shape index (κ3) is 4.08. The number of aryl methyl sites for hydroxylation is 1. The number of benzene rings is 6. The first kappa shape index (κ1) is 31.3. The highest BCUT2D eigenvalue weighted by Gasteiger charge is 2.56. The summed E-state index contributed by atoms with van der Waals surface area (Å²) in [6.45, 7) is 0. The van der Waals surface area contributed by atoms with Crippen molar-refractivity contribution < 1.29 is 0 Å². The van der Waals surface area contributed by atoms with Gasteiger partial charge < -0.3 is 9.13 Å². The van der Waals surface area contributed by atoms with Crippen molar-refractivity contribution in [1.29, 1.82) is 0 Å². The number of hydrogen-bond donors (Lipinski definition) is 0. The van der Waals surface area contributed by atoms with E-state index in [1.54, 1.807) is 0 Å². The second-order valence-electron chi connectivity index (χ2n) is 16.1. The molecule has 4 aliphatic carbocycles. The minimum atomic E-state index is -0.263. The van der Waals surface area contributed by atoms with Crippen LogP contribution < -0.4 is 0 Å². The molecule has 3 heterocycles. The molecular weight excluding hydrogens is 691 g/mol. The van der Waals surface area contributed by atoms with Crippen LogP contribution in [0.1, 0.15) is 46.4 Å².